The molecule has 0 aliphatic carbocycles. The van der Waals surface area contributed by atoms with Gasteiger partial charge >= 0.3 is 0 Å². The Kier molecular flexibility index (Phi) is 4.73. The zero-order valence-corrected chi connectivity index (χ0v) is 13.0. The van der Waals surface area contributed by atoms with Crippen LogP contribution in [0.5, 0.6) is 5.75 Å². The Balaban J connectivity index is 2.07. The number of ether oxygens (including phenoxy) is 1. The molecule has 0 radical (unpaired) electrons. The Morgan fingerprint density at radius 3 is 2.76 bits per heavy atom. The van der Waals surface area contributed by atoms with Crippen LogP contribution in [0.25, 0.3) is 0 Å². The molecule has 1 aromatic heterocycles. The smallest absolute Gasteiger partial charge is 0.164 e. The SMILES string of the molecule is CC(=O)c1ccc(OCc2ncnn2CC(C)C)c(C)c1. The van der Waals surface area contributed by atoms with E-state index in [2.05, 4.69) is 23.9 Å². The molecule has 0 N–H and O–H groups in total. The number of aryl methyl sites for hydroxylation is 1. The van der Waals surface area contributed by atoms with Crippen LogP contribution < -0.4 is 4.74 Å². The number of carbonyl (C=O) groups is 1. The fourth-order valence-corrected chi connectivity index (χ4v) is 2.07. The molecule has 1 heterocycles. The van der Waals surface area contributed by atoms with Crippen molar-refractivity contribution in [2.45, 2.75) is 40.8 Å². The molecular weight excluding hydrogens is 266 g/mol. The van der Waals surface area contributed by atoms with Gasteiger partial charge in [-0.25, -0.2) is 9.67 Å². The number of benzene rings is 1. The number of ketones is 1. The molecule has 0 unspecified atom stereocenters. The van der Waals surface area contributed by atoms with Gasteiger partial charge in [-0.05, 0) is 43.5 Å². The van der Waals surface area contributed by atoms with Gasteiger partial charge in [-0.2, -0.15) is 5.10 Å². The number of carbonyl (C=O) groups excluding carboxylic acids is 1. The van der Waals surface area contributed by atoms with Crippen LogP contribution >= 0.6 is 0 Å². The lowest BCUT2D eigenvalue weighted by Crippen LogP contribution is -2.12. The van der Waals surface area contributed by atoms with Crippen molar-refractivity contribution in [2.75, 3.05) is 0 Å². The van der Waals surface area contributed by atoms with Crippen LogP contribution in [0, 0.1) is 12.8 Å². The second-order valence-corrected chi connectivity index (χ2v) is 5.58. The third kappa shape index (κ3) is 3.90. The Bertz CT molecular complexity index is 632. The van der Waals surface area contributed by atoms with Crippen LogP contribution in [0.2, 0.25) is 0 Å². The van der Waals surface area contributed by atoms with Crippen molar-refractivity contribution in [2.24, 2.45) is 5.92 Å². The van der Waals surface area contributed by atoms with Gasteiger partial charge in [-0.1, -0.05) is 13.8 Å². The van der Waals surface area contributed by atoms with E-state index in [1.165, 1.54) is 0 Å². The van der Waals surface area contributed by atoms with Crippen molar-refractivity contribution in [3.63, 3.8) is 0 Å². The van der Waals surface area contributed by atoms with Gasteiger partial charge in [0.05, 0.1) is 0 Å². The van der Waals surface area contributed by atoms with Crippen LogP contribution in [-0.4, -0.2) is 20.5 Å². The van der Waals surface area contributed by atoms with Gasteiger partial charge in [0.15, 0.2) is 11.6 Å². The summed E-state index contributed by atoms with van der Waals surface area (Å²) in [6.07, 6.45) is 1.55. The van der Waals surface area contributed by atoms with Crippen LogP contribution in [-0.2, 0) is 13.2 Å². The highest BCUT2D eigenvalue weighted by molar-refractivity contribution is 5.94. The standard InChI is InChI=1S/C16H21N3O2/c1-11(2)8-19-16(17-10-18-19)9-21-15-6-5-14(13(4)20)7-12(15)3/h5-7,10-11H,8-9H2,1-4H3. The molecule has 0 spiro atoms. The molecule has 2 aromatic rings. The summed E-state index contributed by atoms with van der Waals surface area (Å²) >= 11 is 0. The summed E-state index contributed by atoms with van der Waals surface area (Å²) < 4.78 is 7.67. The van der Waals surface area contributed by atoms with Gasteiger partial charge < -0.3 is 4.74 Å². The minimum absolute atomic E-state index is 0.0568. The average Bonchev–Trinajstić information content (AvgIpc) is 2.83. The van der Waals surface area contributed by atoms with Crippen molar-refractivity contribution < 1.29 is 9.53 Å². The molecule has 0 aliphatic rings. The lowest BCUT2D eigenvalue weighted by molar-refractivity contribution is 0.101. The van der Waals surface area contributed by atoms with Crippen LogP contribution in [0.15, 0.2) is 24.5 Å². The summed E-state index contributed by atoms with van der Waals surface area (Å²) in [5.41, 5.74) is 1.64. The van der Waals surface area contributed by atoms with Gasteiger partial charge in [-0.15, -0.1) is 0 Å². The maximum absolute atomic E-state index is 11.3. The van der Waals surface area contributed by atoms with E-state index in [9.17, 15) is 4.79 Å². The predicted octanol–water partition coefficient (Wildman–Crippen LogP) is 3.02. The number of hydrogen-bond donors (Lipinski definition) is 0. The first-order valence-electron chi connectivity index (χ1n) is 7.08. The first-order chi connectivity index (χ1) is 9.97. The first kappa shape index (κ1) is 15.2. The minimum Gasteiger partial charge on any atom is -0.485 e. The molecule has 5 nitrogen and oxygen atoms in total. The first-order valence-corrected chi connectivity index (χ1v) is 7.08. The Hall–Kier alpha value is -2.17. The summed E-state index contributed by atoms with van der Waals surface area (Å²) in [5.74, 6) is 2.13. The van der Waals surface area contributed by atoms with E-state index in [0.29, 0.717) is 18.1 Å². The third-order valence-electron chi connectivity index (χ3n) is 3.17. The Morgan fingerprint density at radius 2 is 2.14 bits per heavy atom. The monoisotopic (exact) mass is 287 g/mol. The van der Waals surface area contributed by atoms with Gasteiger partial charge in [0.25, 0.3) is 0 Å². The van der Waals surface area contributed by atoms with E-state index >= 15 is 0 Å². The minimum atomic E-state index is 0.0568. The van der Waals surface area contributed by atoms with Crippen molar-refractivity contribution in [3.05, 3.63) is 41.5 Å². The molecule has 0 amide bonds. The van der Waals surface area contributed by atoms with Gasteiger partial charge in [0.2, 0.25) is 0 Å². The Morgan fingerprint density at radius 1 is 1.38 bits per heavy atom. The number of hydrogen-bond acceptors (Lipinski definition) is 4. The number of rotatable bonds is 6. The second kappa shape index (κ2) is 6.52. The maximum Gasteiger partial charge on any atom is 0.164 e. The van der Waals surface area contributed by atoms with E-state index < -0.39 is 0 Å². The molecule has 2 rings (SSSR count). The Labute approximate surface area is 125 Å². The molecule has 0 fully saturated rings. The fourth-order valence-electron chi connectivity index (χ4n) is 2.07. The molecule has 0 aliphatic heterocycles. The van der Waals surface area contributed by atoms with Gasteiger partial charge in [0.1, 0.15) is 18.7 Å². The van der Waals surface area contributed by atoms with Crippen molar-refractivity contribution in [1.82, 2.24) is 14.8 Å². The van der Waals surface area contributed by atoms with E-state index in [-0.39, 0.29) is 5.78 Å². The summed E-state index contributed by atoms with van der Waals surface area (Å²) in [7, 11) is 0. The van der Waals surface area contributed by atoms with E-state index in [1.807, 2.05) is 23.7 Å². The second-order valence-electron chi connectivity index (χ2n) is 5.58. The molecule has 21 heavy (non-hydrogen) atoms. The predicted molar refractivity (Wildman–Crippen MR) is 80.4 cm³/mol. The summed E-state index contributed by atoms with van der Waals surface area (Å²) in [6.45, 7) is 8.95. The van der Waals surface area contributed by atoms with Crippen LogP contribution in [0.3, 0.4) is 0 Å². The quantitative estimate of drug-likeness (QED) is 0.766. The molecule has 0 saturated heterocycles. The fraction of sp³-hybridized carbons (Fsp3) is 0.438. The highest BCUT2D eigenvalue weighted by Crippen LogP contribution is 2.20. The molecule has 0 bridgehead atoms. The topological polar surface area (TPSA) is 57.0 Å². The van der Waals surface area contributed by atoms with Crippen LogP contribution in [0.1, 0.15) is 42.5 Å². The summed E-state index contributed by atoms with van der Waals surface area (Å²) in [4.78, 5) is 15.6. The lowest BCUT2D eigenvalue weighted by atomic mass is 10.1. The zero-order valence-electron chi connectivity index (χ0n) is 13.0. The maximum atomic E-state index is 11.3. The van der Waals surface area contributed by atoms with Crippen molar-refractivity contribution in [3.8, 4) is 5.75 Å². The molecule has 0 atom stereocenters. The number of aromatic nitrogens is 3. The van der Waals surface area contributed by atoms with Crippen molar-refractivity contribution >= 4 is 5.78 Å². The molecular formula is C16H21N3O2. The van der Waals surface area contributed by atoms with E-state index in [4.69, 9.17) is 4.74 Å². The number of Topliss-reactive ketones (excluding diaryl/α,β-unsaturated/α-hetero) is 1. The van der Waals surface area contributed by atoms with E-state index in [1.54, 1.807) is 19.3 Å². The lowest BCUT2D eigenvalue weighted by Gasteiger charge is -2.11. The molecule has 1 aromatic carbocycles. The van der Waals surface area contributed by atoms with Gasteiger partial charge in [-0.3, -0.25) is 4.79 Å². The normalized spacial score (nSPS) is 10.9. The number of nitrogens with zero attached hydrogens (tertiary/aromatic N) is 3. The zero-order chi connectivity index (χ0) is 15.4. The largest absolute Gasteiger partial charge is 0.485 e. The van der Waals surface area contributed by atoms with Crippen LogP contribution in [0.4, 0.5) is 0 Å². The third-order valence-corrected chi connectivity index (χ3v) is 3.17. The van der Waals surface area contributed by atoms with Gasteiger partial charge in [0, 0.05) is 12.1 Å². The molecule has 112 valence electrons. The van der Waals surface area contributed by atoms with E-state index in [0.717, 1.165) is 23.7 Å². The summed E-state index contributed by atoms with van der Waals surface area (Å²) in [5, 5.41) is 4.21. The molecule has 5 heteroatoms. The summed E-state index contributed by atoms with van der Waals surface area (Å²) in [6, 6.07) is 5.45. The highest BCUT2D eigenvalue weighted by atomic mass is 16.5. The highest BCUT2D eigenvalue weighted by Gasteiger charge is 2.09. The van der Waals surface area contributed by atoms with Crippen molar-refractivity contribution in [1.29, 1.82) is 0 Å². The average molecular weight is 287 g/mol. The molecule has 0 saturated carbocycles.